The van der Waals surface area contributed by atoms with Crippen LogP contribution in [0.1, 0.15) is 53.7 Å². The number of hydrogen-bond acceptors (Lipinski definition) is 3. The third-order valence-electron chi connectivity index (χ3n) is 5.23. The van der Waals surface area contributed by atoms with E-state index in [1.807, 2.05) is 24.8 Å². The number of rotatable bonds is 1. The Morgan fingerprint density at radius 1 is 1.41 bits per heavy atom. The lowest BCUT2D eigenvalue weighted by molar-refractivity contribution is -0.0886. The molecule has 4 nitrogen and oxygen atoms in total. The Labute approximate surface area is 136 Å². The lowest BCUT2D eigenvalue weighted by atomic mass is 9.71. The highest BCUT2D eigenvalue weighted by atomic mass is 35.5. The van der Waals surface area contributed by atoms with Crippen LogP contribution in [-0.2, 0) is 0 Å². The van der Waals surface area contributed by atoms with Gasteiger partial charge in [-0.1, -0.05) is 24.4 Å². The highest BCUT2D eigenvalue weighted by molar-refractivity contribution is 6.32. The monoisotopic (exact) mass is 322 g/mol. The molecule has 0 aromatic carbocycles. The van der Waals surface area contributed by atoms with Gasteiger partial charge >= 0.3 is 0 Å². The number of aliphatic hydroxyl groups is 1. The van der Waals surface area contributed by atoms with Crippen molar-refractivity contribution in [2.45, 2.75) is 51.6 Å². The van der Waals surface area contributed by atoms with Crippen LogP contribution in [0.15, 0.2) is 6.07 Å². The van der Waals surface area contributed by atoms with Gasteiger partial charge in [0.1, 0.15) is 5.15 Å². The summed E-state index contributed by atoms with van der Waals surface area (Å²) in [7, 11) is 0. The van der Waals surface area contributed by atoms with Gasteiger partial charge in [0.15, 0.2) is 0 Å². The minimum absolute atomic E-state index is 0.0531. The summed E-state index contributed by atoms with van der Waals surface area (Å²) in [6.45, 7) is 4.99. The lowest BCUT2D eigenvalue weighted by Gasteiger charge is -2.47. The van der Waals surface area contributed by atoms with Crippen LogP contribution in [0.3, 0.4) is 0 Å². The zero-order valence-corrected chi connectivity index (χ0v) is 14.0. The van der Waals surface area contributed by atoms with E-state index in [0.29, 0.717) is 25.1 Å². The fourth-order valence-corrected chi connectivity index (χ4v) is 4.32. The number of likely N-dealkylation sites (tertiary alicyclic amines) is 1. The van der Waals surface area contributed by atoms with Gasteiger partial charge in [-0.15, -0.1) is 0 Å². The van der Waals surface area contributed by atoms with E-state index in [9.17, 15) is 9.90 Å². The molecule has 0 bridgehead atoms. The Balaban J connectivity index is 1.82. The average Bonchev–Trinajstić information content (AvgIpc) is 2.45. The molecule has 1 saturated carbocycles. The van der Waals surface area contributed by atoms with Crippen LogP contribution in [0.2, 0.25) is 5.15 Å². The Hall–Kier alpha value is -1.13. The second-order valence-electron chi connectivity index (χ2n) is 6.79. The van der Waals surface area contributed by atoms with E-state index in [1.165, 1.54) is 0 Å². The molecule has 0 spiro atoms. The van der Waals surface area contributed by atoms with Crippen molar-refractivity contribution in [1.29, 1.82) is 0 Å². The van der Waals surface area contributed by atoms with Crippen LogP contribution in [0, 0.1) is 19.8 Å². The summed E-state index contributed by atoms with van der Waals surface area (Å²) in [5.74, 6) is 0.138. The van der Waals surface area contributed by atoms with Crippen molar-refractivity contribution >= 4 is 17.5 Å². The first-order valence-corrected chi connectivity index (χ1v) is 8.44. The number of amides is 1. The summed E-state index contributed by atoms with van der Waals surface area (Å²) in [6.07, 6.45) is 4.76. The van der Waals surface area contributed by atoms with Crippen LogP contribution in [-0.4, -0.2) is 39.6 Å². The van der Waals surface area contributed by atoms with Crippen LogP contribution in [0.25, 0.3) is 0 Å². The molecule has 0 radical (unpaired) electrons. The van der Waals surface area contributed by atoms with Crippen molar-refractivity contribution in [3.05, 3.63) is 28.0 Å². The molecule has 2 heterocycles. The number of pyridine rings is 1. The molecule has 3 rings (SSSR count). The topological polar surface area (TPSA) is 53.4 Å². The molecule has 1 amide bonds. The molecule has 1 N–H and O–H groups in total. The molecule has 1 aliphatic heterocycles. The Bertz CT molecular complexity index is 581. The number of carbonyl (C=O) groups is 1. The van der Waals surface area contributed by atoms with E-state index in [4.69, 9.17) is 11.6 Å². The smallest absolute Gasteiger partial charge is 0.257 e. The van der Waals surface area contributed by atoms with Gasteiger partial charge < -0.3 is 10.0 Å². The van der Waals surface area contributed by atoms with Crippen molar-refractivity contribution in [3.8, 4) is 0 Å². The number of piperidine rings is 1. The summed E-state index contributed by atoms with van der Waals surface area (Å²) in [6, 6.07) is 1.89. The first kappa shape index (κ1) is 15.8. The van der Waals surface area contributed by atoms with E-state index in [-0.39, 0.29) is 17.0 Å². The SMILES string of the molecule is Cc1cc(C)c(C(=O)N2CCC3(O)CCCCC3C2)c(Cl)n1. The summed E-state index contributed by atoms with van der Waals surface area (Å²) < 4.78 is 0. The van der Waals surface area contributed by atoms with Crippen LogP contribution in [0.4, 0.5) is 0 Å². The molecule has 1 aliphatic carbocycles. The van der Waals surface area contributed by atoms with Crippen LogP contribution >= 0.6 is 11.6 Å². The number of hydrogen-bond donors (Lipinski definition) is 1. The first-order chi connectivity index (χ1) is 10.4. The molecule has 2 aliphatic rings. The number of halogens is 1. The Kier molecular flexibility index (Phi) is 4.17. The zero-order valence-electron chi connectivity index (χ0n) is 13.2. The van der Waals surface area contributed by atoms with Crippen LogP contribution in [0.5, 0.6) is 0 Å². The van der Waals surface area contributed by atoms with Gasteiger partial charge in [0.05, 0.1) is 11.2 Å². The minimum atomic E-state index is -0.570. The molecular weight excluding hydrogens is 300 g/mol. The van der Waals surface area contributed by atoms with Gasteiger partial charge in [-0.25, -0.2) is 4.98 Å². The highest BCUT2D eigenvalue weighted by Crippen LogP contribution is 2.40. The molecule has 120 valence electrons. The van der Waals surface area contributed by atoms with Crippen molar-refractivity contribution in [2.75, 3.05) is 13.1 Å². The summed E-state index contributed by atoms with van der Waals surface area (Å²) in [5, 5.41) is 11.0. The van der Waals surface area contributed by atoms with Gasteiger partial charge in [-0.3, -0.25) is 4.79 Å². The third-order valence-corrected chi connectivity index (χ3v) is 5.50. The largest absolute Gasteiger partial charge is 0.389 e. The van der Waals surface area contributed by atoms with Crippen molar-refractivity contribution < 1.29 is 9.90 Å². The number of nitrogens with zero attached hydrogens (tertiary/aromatic N) is 2. The molecule has 1 saturated heterocycles. The molecule has 2 unspecified atom stereocenters. The van der Waals surface area contributed by atoms with Gasteiger partial charge in [0.2, 0.25) is 0 Å². The average molecular weight is 323 g/mol. The molecule has 5 heteroatoms. The van der Waals surface area contributed by atoms with Crippen molar-refractivity contribution in [1.82, 2.24) is 9.88 Å². The fourth-order valence-electron chi connectivity index (χ4n) is 3.96. The maximum atomic E-state index is 12.9. The summed E-state index contributed by atoms with van der Waals surface area (Å²) in [4.78, 5) is 18.9. The minimum Gasteiger partial charge on any atom is -0.389 e. The second-order valence-corrected chi connectivity index (χ2v) is 7.15. The normalized spacial score (nSPS) is 28.4. The quantitative estimate of drug-likeness (QED) is 0.808. The van der Waals surface area contributed by atoms with Crippen molar-refractivity contribution in [2.24, 2.45) is 5.92 Å². The summed E-state index contributed by atoms with van der Waals surface area (Å²) in [5.41, 5.74) is 1.62. The van der Waals surface area contributed by atoms with Crippen molar-refractivity contribution in [3.63, 3.8) is 0 Å². The molecule has 1 aromatic rings. The van der Waals surface area contributed by atoms with E-state index in [2.05, 4.69) is 4.98 Å². The molecule has 2 atom stereocenters. The molecule has 22 heavy (non-hydrogen) atoms. The fraction of sp³-hybridized carbons (Fsp3) is 0.647. The molecule has 1 aromatic heterocycles. The van der Waals surface area contributed by atoms with Gasteiger partial charge in [0.25, 0.3) is 5.91 Å². The Morgan fingerprint density at radius 3 is 2.91 bits per heavy atom. The van der Waals surface area contributed by atoms with E-state index >= 15 is 0 Å². The lowest BCUT2D eigenvalue weighted by Crippen LogP contribution is -2.54. The van der Waals surface area contributed by atoms with Crippen LogP contribution < -0.4 is 0 Å². The van der Waals surface area contributed by atoms with Gasteiger partial charge in [-0.05, 0) is 44.7 Å². The zero-order chi connectivity index (χ0) is 15.9. The summed E-state index contributed by atoms with van der Waals surface area (Å²) >= 11 is 6.21. The predicted octanol–water partition coefficient (Wildman–Crippen LogP) is 3.12. The third kappa shape index (κ3) is 2.74. The van der Waals surface area contributed by atoms with E-state index in [1.54, 1.807) is 0 Å². The number of carbonyl (C=O) groups excluding carboxylic acids is 1. The number of aromatic nitrogens is 1. The maximum absolute atomic E-state index is 12.9. The molecule has 2 fully saturated rings. The predicted molar refractivity (Wildman–Crippen MR) is 86.1 cm³/mol. The molecular formula is C17H23ClN2O2. The van der Waals surface area contributed by atoms with E-state index in [0.717, 1.165) is 36.9 Å². The van der Waals surface area contributed by atoms with E-state index < -0.39 is 5.60 Å². The number of fused-ring (bicyclic) bond motifs is 1. The highest BCUT2D eigenvalue weighted by Gasteiger charge is 2.44. The first-order valence-electron chi connectivity index (χ1n) is 8.06. The number of aryl methyl sites for hydroxylation is 2. The second kappa shape index (κ2) is 5.82. The standard InChI is InChI=1S/C17H23ClN2O2/c1-11-9-12(2)19-15(18)14(11)16(21)20-8-7-17(22)6-4-3-5-13(17)10-20/h9,13,22H,3-8,10H2,1-2H3. The van der Waals surface area contributed by atoms with Gasteiger partial charge in [-0.2, -0.15) is 0 Å². The van der Waals surface area contributed by atoms with Gasteiger partial charge in [0, 0.05) is 24.7 Å². The maximum Gasteiger partial charge on any atom is 0.257 e. The Morgan fingerprint density at radius 2 is 2.18 bits per heavy atom.